The van der Waals surface area contributed by atoms with Gasteiger partial charge in [0.05, 0.1) is 7.11 Å². The fourth-order valence-electron chi connectivity index (χ4n) is 1.77. The zero-order valence-electron chi connectivity index (χ0n) is 10.1. The highest BCUT2D eigenvalue weighted by Gasteiger charge is 2.35. The van der Waals surface area contributed by atoms with Crippen molar-refractivity contribution in [2.75, 3.05) is 7.11 Å². The average molecular weight is 248 g/mol. The van der Waals surface area contributed by atoms with E-state index < -0.39 is 11.6 Å². The maximum absolute atomic E-state index is 14.0. The van der Waals surface area contributed by atoms with Gasteiger partial charge in [-0.2, -0.15) is 0 Å². The average Bonchev–Trinajstić information content (AvgIpc) is 2.37. The molecule has 2 rings (SSSR count). The lowest BCUT2D eigenvalue weighted by Crippen LogP contribution is -2.26. The Morgan fingerprint density at radius 1 is 1.22 bits per heavy atom. The molecule has 1 N–H and O–H groups in total. The first-order valence-corrected chi connectivity index (χ1v) is 5.46. The SMILES string of the molecule is COc1ccc2cc([C@@](C)(F)C(=O)O)ccc2c1. The van der Waals surface area contributed by atoms with Gasteiger partial charge in [0.1, 0.15) is 5.75 Å². The minimum Gasteiger partial charge on any atom is -0.497 e. The summed E-state index contributed by atoms with van der Waals surface area (Å²) >= 11 is 0. The number of rotatable bonds is 3. The van der Waals surface area contributed by atoms with Crippen molar-refractivity contribution in [3.05, 3.63) is 42.0 Å². The predicted molar refractivity (Wildman–Crippen MR) is 66.6 cm³/mol. The number of carboxylic acids is 1. The molecule has 0 aliphatic heterocycles. The number of methoxy groups -OCH3 is 1. The van der Waals surface area contributed by atoms with E-state index in [1.54, 1.807) is 31.4 Å². The molecule has 0 amide bonds. The van der Waals surface area contributed by atoms with Crippen molar-refractivity contribution in [3.63, 3.8) is 0 Å². The second kappa shape index (κ2) is 4.29. The number of ether oxygens (including phenoxy) is 1. The summed E-state index contributed by atoms with van der Waals surface area (Å²) < 4.78 is 19.1. The molecule has 0 radical (unpaired) electrons. The highest BCUT2D eigenvalue weighted by atomic mass is 19.1. The number of benzene rings is 2. The first-order valence-electron chi connectivity index (χ1n) is 5.46. The van der Waals surface area contributed by atoms with E-state index in [2.05, 4.69) is 0 Å². The second-order valence-electron chi connectivity index (χ2n) is 4.24. The monoisotopic (exact) mass is 248 g/mol. The van der Waals surface area contributed by atoms with E-state index in [9.17, 15) is 9.18 Å². The minimum atomic E-state index is -2.38. The van der Waals surface area contributed by atoms with Crippen molar-refractivity contribution in [3.8, 4) is 5.75 Å². The normalized spacial score (nSPS) is 14.2. The summed E-state index contributed by atoms with van der Waals surface area (Å²) in [5, 5.41) is 10.5. The van der Waals surface area contributed by atoms with Gasteiger partial charge in [0.25, 0.3) is 0 Å². The third-order valence-corrected chi connectivity index (χ3v) is 2.99. The van der Waals surface area contributed by atoms with Crippen LogP contribution in [0.2, 0.25) is 0 Å². The Kier molecular flexibility index (Phi) is 2.95. The van der Waals surface area contributed by atoms with Crippen molar-refractivity contribution in [1.82, 2.24) is 0 Å². The summed E-state index contributed by atoms with van der Waals surface area (Å²) in [6, 6.07) is 10.1. The molecule has 0 spiro atoms. The first kappa shape index (κ1) is 12.4. The van der Waals surface area contributed by atoms with Crippen LogP contribution in [-0.4, -0.2) is 18.2 Å². The molecule has 0 saturated carbocycles. The third-order valence-electron chi connectivity index (χ3n) is 2.99. The fraction of sp³-hybridized carbons (Fsp3) is 0.214. The molecule has 0 aliphatic carbocycles. The van der Waals surface area contributed by atoms with Gasteiger partial charge in [-0.3, -0.25) is 0 Å². The number of alkyl halides is 1. The zero-order chi connectivity index (χ0) is 13.3. The molecule has 0 aliphatic rings. The van der Waals surface area contributed by atoms with Gasteiger partial charge in [0, 0.05) is 5.56 Å². The number of aliphatic carboxylic acids is 1. The van der Waals surface area contributed by atoms with Crippen LogP contribution in [0.25, 0.3) is 10.8 Å². The Balaban J connectivity index is 2.55. The molecule has 2 aromatic rings. The Bertz CT molecular complexity index is 605. The molecule has 0 unspecified atom stereocenters. The van der Waals surface area contributed by atoms with E-state index in [-0.39, 0.29) is 5.56 Å². The molecular weight excluding hydrogens is 235 g/mol. The highest BCUT2D eigenvalue weighted by Crippen LogP contribution is 2.30. The summed E-state index contributed by atoms with van der Waals surface area (Å²) in [7, 11) is 1.57. The van der Waals surface area contributed by atoms with Crippen LogP contribution in [-0.2, 0) is 10.5 Å². The molecule has 0 saturated heterocycles. The molecule has 18 heavy (non-hydrogen) atoms. The van der Waals surface area contributed by atoms with E-state index in [1.165, 1.54) is 6.07 Å². The number of carbonyl (C=O) groups is 1. The van der Waals surface area contributed by atoms with Crippen LogP contribution in [0.3, 0.4) is 0 Å². The Labute approximate surface area is 104 Å². The van der Waals surface area contributed by atoms with Crippen LogP contribution in [0.15, 0.2) is 36.4 Å². The number of halogens is 1. The molecule has 4 heteroatoms. The molecule has 2 aromatic carbocycles. The maximum Gasteiger partial charge on any atom is 0.345 e. The molecule has 0 fully saturated rings. The lowest BCUT2D eigenvalue weighted by molar-refractivity contribution is -0.150. The number of carboxylic acid groups (broad SMARTS) is 1. The standard InChI is InChI=1S/C14H13FO3/c1-14(15,13(16)17)11-5-3-10-8-12(18-2)6-4-9(10)7-11/h3-8H,1-2H3,(H,16,17)/t14-/m1/s1. The summed E-state index contributed by atoms with van der Waals surface area (Å²) in [5.74, 6) is -0.785. The molecule has 1 atom stereocenters. The number of hydrogen-bond donors (Lipinski definition) is 1. The summed E-state index contributed by atoms with van der Waals surface area (Å²) in [6.07, 6.45) is 0. The van der Waals surface area contributed by atoms with E-state index in [0.29, 0.717) is 5.75 Å². The van der Waals surface area contributed by atoms with Gasteiger partial charge in [-0.05, 0) is 35.9 Å². The van der Waals surface area contributed by atoms with E-state index in [0.717, 1.165) is 17.7 Å². The molecule has 94 valence electrons. The zero-order valence-corrected chi connectivity index (χ0v) is 10.1. The quantitative estimate of drug-likeness (QED) is 0.907. The summed E-state index contributed by atoms with van der Waals surface area (Å²) in [6.45, 7) is 1.04. The Morgan fingerprint density at radius 3 is 2.44 bits per heavy atom. The van der Waals surface area contributed by atoms with E-state index in [1.807, 2.05) is 6.07 Å². The largest absolute Gasteiger partial charge is 0.497 e. The molecule has 0 bridgehead atoms. The van der Waals surface area contributed by atoms with Gasteiger partial charge in [0.15, 0.2) is 0 Å². The predicted octanol–water partition coefficient (Wildman–Crippen LogP) is 3.12. The number of hydrogen-bond acceptors (Lipinski definition) is 2. The van der Waals surface area contributed by atoms with Crippen molar-refractivity contribution in [1.29, 1.82) is 0 Å². The van der Waals surface area contributed by atoms with Gasteiger partial charge < -0.3 is 9.84 Å². The van der Waals surface area contributed by atoms with Crippen LogP contribution in [0.1, 0.15) is 12.5 Å². The van der Waals surface area contributed by atoms with Crippen LogP contribution >= 0.6 is 0 Å². The van der Waals surface area contributed by atoms with Crippen molar-refractivity contribution in [2.24, 2.45) is 0 Å². The van der Waals surface area contributed by atoms with Crippen molar-refractivity contribution >= 4 is 16.7 Å². The van der Waals surface area contributed by atoms with Gasteiger partial charge in [0.2, 0.25) is 5.67 Å². The molecular formula is C14H13FO3. The topological polar surface area (TPSA) is 46.5 Å². The number of fused-ring (bicyclic) bond motifs is 1. The fourth-order valence-corrected chi connectivity index (χ4v) is 1.77. The van der Waals surface area contributed by atoms with Crippen LogP contribution in [0.5, 0.6) is 5.75 Å². The van der Waals surface area contributed by atoms with E-state index >= 15 is 0 Å². The lowest BCUT2D eigenvalue weighted by Gasteiger charge is -2.16. The second-order valence-corrected chi connectivity index (χ2v) is 4.24. The highest BCUT2D eigenvalue weighted by molar-refractivity contribution is 5.87. The Morgan fingerprint density at radius 2 is 1.83 bits per heavy atom. The van der Waals surface area contributed by atoms with Crippen LogP contribution in [0.4, 0.5) is 4.39 Å². The lowest BCUT2D eigenvalue weighted by atomic mass is 9.95. The smallest absolute Gasteiger partial charge is 0.345 e. The van der Waals surface area contributed by atoms with Gasteiger partial charge in [-0.1, -0.05) is 18.2 Å². The van der Waals surface area contributed by atoms with Gasteiger partial charge in [-0.15, -0.1) is 0 Å². The molecule has 3 nitrogen and oxygen atoms in total. The maximum atomic E-state index is 14.0. The summed E-state index contributed by atoms with van der Waals surface area (Å²) in [5.41, 5.74) is -2.25. The third kappa shape index (κ3) is 2.01. The van der Waals surface area contributed by atoms with Crippen molar-refractivity contribution < 1.29 is 19.0 Å². The Hall–Kier alpha value is -2.10. The van der Waals surface area contributed by atoms with Crippen LogP contribution in [0, 0.1) is 0 Å². The molecule has 0 aromatic heterocycles. The van der Waals surface area contributed by atoms with Crippen molar-refractivity contribution in [2.45, 2.75) is 12.6 Å². The molecule has 0 heterocycles. The minimum absolute atomic E-state index is 0.132. The summed E-state index contributed by atoms with van der Waals surface area (Å²) in [4.78, 5) is 10.9. The van der Waals surface area contributed by atoms with Gasteiger partial charge >= 0.3 is 5.97 Å². The first-order chi connectivity index (χ1) is 8.45. The van der Waals surface area contributed by atoms with Gasteiger partial charge in [-0.25, -0.2) is 9.18 Å². The van der Waals surface area contributed by atoms with E-state index in [4.69, 9.17) is 9.84 Å². The van der Waals surface area contributed by atoms with Crippen LogP contribution < -0.4 is 4.74 Å².